The quantitative estimate of drug-likeness (QED) is 0.805. The molecule has 0 saturated heterocycles. The van der Waals surface area contributed by atoms with Crippen LogP contribution in [0.25, 0.3) is 0 Å². The molecule has 0 spiro atoms. The highest BCUT2D eigenvalue weighted by Gasteiger charge is 2.24. The van der Waals surface area contributed by atoms with Gasteiger partial charge in [0.2, 0.25) is 11.8 Å². The van der Waals surface area contributed by atoms with Crippen LogP contribution in [0.1, 0.15) is 50.9 Å². The molecule has 0 fully saturated rings. The Hall–Kier alpha value is -2.24. The summed E-state index contributed by atoms with van der Waals surface area (Å²) in [6.45, 7) is 6.17. The predicted molar refractivity (Wildman–Crippen MR) is 89.0 cm³/mol. The molecule has 130 valence electrons. The van der Waals surface area contributed by atoms with E-state index in [9.17, 15) is 9.18 Å². The summed E-state index contributed by atoms with van der Waals surface area (Å²) in [6, 6.07) is 6.65. The van der Waals surface area contributed by atoms with Crippen LogP contribution < -0.4 is 5.32 Å². The molecule has 0 saturated carbocycles. The molecular weight excluding hydrogens is 309 g/mol. The number of nitrogens with one attached hydrogen (secondary N) is 1. The lowest BCUT2D eigenvalue weighted by molar-refractivity contribution is -0.121. The van der Waals surface area contributed by atoms with E-state index in [0.29, 0.717) is 43.1 Å². The highest BCUT2D eigenvalue weighted by atomic mass is 19.1. The van der Waals surface area contributed by atoms with Gasteiger partial charge in [0.05, 0.1) is 0 Å². The van der Waals surface area contributed by atoms with Gasteiger partial charge in [0.25, 0.3) is 0 Å². The average Bonchev–Trinajstić information content (AvgIpc) is 3.01. The predicted octanol–water partition coefficient (Wildman–Crippen LogP) is 3.19. The Bertz CT molecular complexity index is 682. The monoisotopic (exact) mass is 333 g/mol. The van der Waals surface area contributed by atoms with Gasteiger partial charge in [-0.15, -0.1) is 0 Å². The Morgan fingerprint density at radius 2 is 2.08 bits per heavy atom. The Morgan fingerprint density at radius 3 is 2.75 bits per heavy atom. The first-order chi connectivity index (χ1) is 11.4. The molecule has 1 amide bonds. The molecule has 1 N–H and O–H groups in total. The van der Waals surface area contributed by atoms with Crippen LogP contribution in [0.15, 0.2) is 28.8 Å². The normalized spacial score (nSPS) is 11.5. The third-order valence-electron chi connectivity index (χ3n) is 3.95. The highest BCUT2D eigenvalue weighted by Crippen LogP contribution is 2.24. The molecule has 6 heteroatoms. The smallest absolute Gasteiger partial charge is 0.226 e. The first-order valence-corrected chi connectivity index (χ1v) is 8.25. The summed E-state index contributed by atoms with van der Waals surface area (Å²) in [7, 11) is 0. The van der Waals surface area contributed by atoms with E-state index in [1.807, 2.05) is 20.8 Å². The molecule has 1 aromatic carbocycles. The van der Waals surface area contributed by atoms with E-state index in [0.717, 1.165) is 6.42 Å². The molecule has 1 aromatic heterocycles. The zero-order chi connectivity index (χ0) is 17.6. The second kappa shape index (κ2) is 8.04. The van der Waals surface area contributed by atoms with E-state index in [2.05, 4.69) is 15.5 Å². The fraction of sp³-hybridized carbons (Fsp3) is 0.500. The average molecular weight is 333 g/mol. The standard InChI is InChI=1S/C18H24FN3O2/c1-4-15-21-17(24-22-15)11-7-10-16(23)20-12-18(2,3)13-8-5-6-9-14(13)19/h5-6,8-9H,4,7,10-12H2,1-3H3,(H,20,23). The highest BCUT2D eigenvalue weighted by molar-refractivity contribution is 5.76. The van der Waals surface area contributed by atoms with Crippen LogP contribution in [0.2, 0.25) is 0 Å². The van der Waals surface area contributed by atoms with Crippen molar-refractivity contribution in [1.82, 2.24) is 15.5 Å². The summed E-state index contributed by atoms with van der Waals surface area (Å²) in [4.78, 5) is 16.2. The van der Waals surface area contributed by atoms with Crippen LogP contribution in [-0.2, 0) is 23.1 Å². The number of benzene rings is 1. The van der Waals surface area contributed by atoms with Crippen molar-refractivity contribution in [2.75, 3.05) is 6.54 Å². The minimum absolute atomic E-state index is 0.0605. The Morgan fingerprint density at radius 1 is 1.33 bits per heavy atom. The fourth-order valence-corrected chi connectivity index (χ4v) is 2.45. The number of aryl methyl sites for hydroxylation is 2. The van der Waals surface area contributed by atoms with Gasteiger partial charge in [0.1, 0.15) is 5.82 Å². The zero-order valence-corrected chi connectivity index (χ0v) is 14.4. The lowest BCUT2D eigenvalue weighted by Crippen LogP contribution is -2.37. The van der Waals surface area contributed by atoms with Crippen molar-refractivity contribution >= 4 is 5.91 Å². The van der Waals surface area contributed by atoms with Crippen LogP contribution in [0.5, 0.6) is 0 Å². The first-order valence-electron chi connectivity index (χ1n) is 8.25. The largest absolute Gasteiger partial charge is 0.355 e. The topological polar surface area (TPSA) is 68.0 Å². The second-order valence-electron chi connectivity index (χ2n) is 6.45. The number of amides is 1. The van der Waals surface area contributed by atoms with Gasteiger partial charge in [-0.25, -0.2) is 4.39 Å². The number of carbonyl (C=O) groups excluding carboxylic acids is 1. The molecule has 0 atom stereocenters. The van der Waals surface area contributed by atoms with Gasteiger partial charge in [0, 0.05) is 31.2 Å². The molecule has 0 radical (unpaired) electrons. The summed E-state index contributed by atoms with van der Waals surface area (Å²) in [5, 5.41) is 6.70. The van der Waals surface area contributed by atoms with Crippen LogP contribution in [0, 0.1) is 5.82 Å². The lowest BCUT2D eigenvalue weighted by atomic mass is 9.84. The summed E-state index contributed by atoms with van der Waals surface area (Å²) >= 11 is 0. The van der Waals surface area contributed by atoms with Crippen LogP contribution >= 0.6 is 0 Å². The fourth-order valence-electron chi connectivity index (χ4n) is 2.45. The van der Waals surface area contributed by atoms with E-state index in [-0.39, 0.29) is 11.7 Å². The molecule has 5 nitrogen and oxygen atoms in total. The van der Waals surface area contributed by atoms with E-state index in [4.69, 9.17) is 4.52 Å². The van der Waals surface area contributed by atoms with Crippen molar-refractivity contribution in [3.05, 3.63) is 47.4 Å². The molecular formula is C18H24FN3O2. The van der Waals surface area contributed by atoms with Gasteiger partial charge in [-0.3, -0.25) is 4.79 Å². The van der Waals surface area contributed by atoms with Gasteiger partial charge in [-0.05, 0) is 18.1 Å². The number of rotatable bonds is 8. The Balaban J connectivity index is 1.77. The van der Waals surface area contributed by atoms with Gasteiger partial charge in [-0.2, -0.15) is 4.98 Å². The molecule has 24 heavy (non-hydrogen) atoms. The number of halogens is 1. The zero-order valence-electron chi connectivity index (χ0n) is 14.4. The van der Waals surface area contributed by atoms with Crippen LogP contribution in [0.4, 0.5) is 4.39 Å². The maximum atomic E-state index is 13.9. The molecule has 0 aliphatic heterocycles. The second-order valence-corrected chi connectivity index (χ2v) is 6.45. The maximum Gasteiger partial charge on any atom is 0.226 e. The summed E-state index contributed by atoms with van der Waals surface area (Å²) in [6.07, 6.45) is 2.32. The van der Waals surface area contributed by atoms with Crippen molar-refractivity contribution < 1.29 is 13.7 Å². The number of hydrogen-bond donors (Lipinski definition) is 1. The first kappa shape index (κ1) is 18.1. The van der Waals surface area contributed by atoms with Gasteiger partial charge < -0.3 is 9.84 Å². The van der Waals surface area contributed by atoms with E-state index < -0.39 is 5.41 Å². The van der Waals surface area contributed by atoms with Crippen molar-refractivity contribution in [2.24, 2.45) is 0 Å². The number of carbonyl (C=O) groups is 1. The molecule has 0 aliphatic carbocycles. The summed E-state index contributed by atoms with van der Waals surface area (Å²) in [5.74, 6) is 0.932. The van der Waals surface area contributed by atoms with Gasteiger partial charge >= 0.3 is 0 Å². The Kier molecular flexibility index (Phi) is 6.06. The summed E-state index contributed by atoms with van der Waals surface area (Å²) < 4.78 is 19.0. The molecule has 2 aromatic rings. The number of aromatic nitrogens is 2. The molecule has 0 aliphatic rings. The van der Waals surface area contributed by atoms with Gasteiger partial charge in [-0.1, -0.05) is 44.1 Å². The van der Waals surface area contributed by atoms with Crippen molar-refractivity contribution in [3.63, 3.8) is 0 Å². The third-order valence-corrected chi connectivity index (χ3v) is 3.95. The SMILES string of the molecule is CCc1noc(CCCC(=O)NCC(C)(C)c2ccccc2F)n1. The van der Waals surface area contributed by atoms with E-state index >= 15 is 0 Å². The third kappa shape index (κ3) is 4.88. The van der Waals surface area contributed by atoms with Crippen molar-refractivity contribution in [2.45, 2.75) is 51.9 Å². The van der Waals surface area contributed by atoms with E-state index in [1.165, 1.54) is 6.07 Å². The number of nitrogens with zero attached hydrogens (tertiary/aromatic N) is 2. The molecule has 2 rings (SSSR count). The van der Waals surface area contributed by atoms with Crippen LogP contribution in [0.3, 0.4) is 0 Å². The molecule has 0 bridgehead atoms. The van der Waals surface area contributed by atoms with Crippen molar-refractivity contribution in [1.29, 1.82) is 0 Å². The number of hydrogen-bond acceptors (Lipinski definition) is 4. The molecule has 0 unspecified atom stereocenters. The maximum absolute atomic E-state index is 13.9. The van der Waals surface area contributed by atoms with Crippen molar-refractivity contribution in [3.8, 4) is 0 Å². The Labute approximate surface area is 141 Å². The molecule has 1 heterocycles. The van der Waals surface area contributed by atoms with Crippen LogP contribution in [-0.4, -0.2) is 22.6 Å². The lowest BCUT2D eigenvalue weighted by Gasteiger charge is -2.26. The van der Waals surface area contributed by atoms with E-state index in [1.54, 1.807) is 18.2 Å². The van der Waals surface area contributed by atoms with Gasteiger partial charge in [0.15, 0.2) is 5.82 Å². The minimum Gasteiger partial charge on any atom is -0.355 e. The summed E-state index contributed by atoms with van der Waals surface area (Å²) in [5.41, 5.74) is 0.132. The minimum atomic E-state index is -0.469.